The van der Waals surface area contributed by atoms with Gasteiger partial charge in [0, 0.05) is 19.8 Å². The molecule has 0 bridgehead atoms. The number of aromatic amines is 1. The summed E-state index contributed by atoms with van der Waals surface area (Å²) in [7, 11) is 1.54. The van der Waals surface area contributed by atoms with E-state index in [1.807, 2.05) is 22.9 Å². The summed E-state index contributed by atoms with van der Waals surface area (Å²) in [6.07, 6.45) is 3.98. The van der Waals surface area contributed by atoms with E-state index < -0.39 is 0 Å². The number of hydrogen-bond acceptors (Lipinski definition) is 8. The van der Waals surface area contributed by atoms with E-state index in [1.54, 1.807) is 31.7 Å². The topological polar surface area (TPSA) is 119 Å². The third-order valence-corrected chi connectivity index (χ3v) is 5.20. The minimum absolute atomic E-state index is 0.187. The average Bonchev–Trinajstić information content (AvgIpc) is 2.78. The van der Waals surface area contributed by atoms with Gasteiger partial charge < -0.3 is 15.2 Å². The SMILES string of the molecule is CCc1nc2ncc(CN3CCN(c4ccc(C(=O)NC)nc4Cl)C=N3)cc2[nH]c1=O. The number of carbonyl (C=O) groups excluding carboxylic acids is 1. The van der Waals surface area contributed by atoms with Crippen molar-refractivity contribution in [2.45, 2.75) is 19.9 Å². The minimum atomic E-state index is -0.293. The number of pyridine rings is 2. The zero-order valence-corrected chi connectivity index (χ0v) is 17.8. The van der Waals surface area contributed by atoms with Gasteiger partial charge in [-0.2, -0.15) is 5.10 Å². The number of amides is 1. The molecular formula is C20H21ClN8O2. The van der Waals surface area contributed by atoms with Crippen molar-refractivity contribution in [3.63, 3.8) is 0 Å². The Balaban J connectivity index is 1.47. The van der Waals surface area contributed by atoms with Crippen LogP contribution in [-0.2, 0) is 13.0 Å². The van der Waals surface area contributed by atoms with Gasteiger partial charge in [0.1, 0.15) is 17.7 Å². The molecule has 0 saturated heterocycles. The molecule has 1 amide bonds. The van der Waals surface area contributed by atoms with E-state index in [-0.39, 0.29) is 22.3 Å². The molecule has 1 aliphatic rings. The second kappa shape index (κ2) is 8.68. The molecule has 0 unspecified atom stereocenters. The zero-order chi connectivity index (χ0) is 22.0. The molecule has 11 heteroatoms. The fraction of sp³-hybridized carbons (Fsp3) is 0.300. The first-order valence-corrected chi connectivity index (χ1v) is 10.2. The number of nitrogens with zero attached hydrogens (tertiary/aromatic N) is 6. The summed E-state index contributed by atoms with van der Waals surface area (Å²) >= 11 is 6.27. The summed E-state index contributed by atoms with van der Waals surface area (Å²) in [5, 5.41) is 9.13. The number of H-pyrrole nitrogens is 1. The average molecular weight is 441 g/mol. The van der Waals surface area contributed by atoms with Crippen LogP contribution in [0.15, 0.2) is 34.3 Å². The molecule has 4 heterocycles. The first kappa shape index (κ1) is 20.7. The number of hydrogen-bond donors (Lipinski definition) is 2. The second-order valence-electron chi connectivity index (χ2n) is 6.98. The summed E-state index contributed by atoms with van der Waals surface area (Å²) in [4.78, 5) is 41.3. The second-order valence-corrected chi connectivity index (χ2v) is 7.34. The molecule has 0 fully saturated rings. The fourth-order valence-electron chi connectivity index (χ4n) is 3.26. The monoisotopic (exact) mass is 440 g/mol. The van der Waals surface area contributed by atoms with Crippen LogP contribution in [-0.4, -0.2) is 57.3 Å². The highest BCUT2D eigenvalue weighted by Crippen LogP contribution is 2.24. The number of carbonyl (C=O) groups is 1. The molecule has 10 nitrogen and oxygen atoms in total. The van der Waals surface area contributed by atoms with E-state index in [2.05, 4.69) is 30.4 Å². The van der Waals surface area contributed by atoms with Crippen LogP contribution in [0.1, 0.15) is 28.7 Å². The molecule has 2 N–H and O–H groups in total. The lowest BCUT2D eigenvalue weighted by atomic mass is 10.2. The van der Waals surface area contributed by atoms with Crippen LogP contribution in [0.4, 0.5) is 5.69 Å². The standard InChI is InChI=1S/C20H21ClN8O2/c1-3-13-20(31)27-15-8-12(9-23-18(15)26-13)10-29-7-6-28(11-24-29)16-5-4-14(19(30)22-2)25-17(16)21/h4-5,8-9,11H,3,6-7,10H2,1-2H3,(H,22,30)(H,27,31). The van der Waals surface area contributed by atoms with Gasteiger partial charge in [-0.05, 0) is 30.2 Å². The van der Waals surface area contributed by atoms with Crippen LogP contribution in [0, 0.1) is 0 Å². The van der Waals surface area contributed by atoms with E-state index in [0.29, 0.717) is 48.6 Å². The van der Waals surface area contributed by atoms with Crippen molar-refractivity contribution in [2.75, 3.05) is 25.0 Å². The van der Waals surface area contributed by atoms with Gasteiger partial charge in [0.15, 0.2) is 10.8 Å². The van der Waals surface area contributed by atoms with Crippen LogP contribution in [0.3, 0.4) is 0 Å². The van der Waals surface area contributed by atoms with Gasteiger partial charge in [-0.25, -0.2) is 15.0 Å². The molecule has 3 aromatic heterocycles. The molecule has 4 rings (SSSR count). The molecule has 0 atom stereocenters. The number of aromatic nitrogens is 4. The molecule has 31 heavy (non-hydrogen) atoms. The van der Waals surface area contributed by atoms with Crippen molar-refractivity contribution in [1.29, 1.82) is 0 Å². The van der Waals surface area contributed by atoms with Crippen molar-refractivity contribution >= 4 is 40.7 Å². The highest BCUT2D eigenvalue weighted by Gasteiger charge is 2.18. The van der Waals surface area contributed by atoms with E-state index >= 15 is 0 Å². The molecule has 0 aromatic carbocycles. The minimum Gasteiger partial charge on any atom is -0.354 e. The van der Waals surface area contributed by atoms with Gasteiger partial charge in [-0.3, -0.25) is 14.6 Å². The smallest absolute Gasteiger partial charge is 0.270 e. The summed E-state index contributed by atoms with van der Waals surface area (Å²) in [5.41, 5.74) is 3.27. The maximum atomic E-state index is 12.0. The van der Waals surface area contributed by atoms with Crippen molar-refractivity contribution in [3.8, 4) is 0 Å². The maximum Gasteiger partial charge on any atom is 0.270 e. The molecule has 0 spiro atoms. The highest BCUT2D eigenvalue weighted by atomic mass is 35.5. The van der Waals surface area contributed by atoms with E-state index in [9.17, 15) is 9.59 Å². The van der Waals surface area contributed by atoms with Gasteiger partial charge in [0.25, 0.3) is 11.5 Å². The van der Waals surface area contributed by atoms with E-state index in [4.69, 9.17) is 11.6 Å². The number of anilines is 1. The Kier molecular flexibility index (Phi) is 5.81. The van der Waals surface area contributed by atoms with Gasteiger partial charge in [-0.1, -0.05) is 18.5 Å². The van der Waals surface area contributed by atoms with Crippen LogP contribution in [0.25, 0.3) is 11.2 Å². The fourth-order valence-corrected chi connectivity index (χ4v) is 3.53. The molecule has 1 aliphatic heterocycles. The Morgan fingerprint density at radius 2 is 2.13 bits per heavy atom. The lowest BCUT2D eigenvalue weighted by Crippen LogP contribution is -2.37. The summed E-state index contributed by atoms with van der Waals surface area (Å²) < 4.78 is 0. The van der Waals surface area contributed by atoms with Gasteiger partial charge in [-0.15, -0.1) is 0 Å². The largest absolute Gasteiger partial charge is 0.354 e. The van der Waals surface area contributed by atoms with Gasteiger partial charge in [0.05, 0.1) is 24.3 Å². The lowest BCUT2D eigenvalue weighted by Gasteiger charge is -2.30. The van der Waals surface area contributed by atoms with Crippen LogP contribution >= 0.6 is 11.6 Å². The number of halogens is 1. The molecule has 0 aliphatic carbocycles. The molecule has 3 aromatic rings. The van der Waals surface area contributed by atoms with Gasteiger partial charge >= 0.3 is 0 Å². The molecule has 0 radical (unpaired) electrons. The highest BCUT2D eigenvalue weighted by molar-refractivity contribution is 6.32. The number of fused-ring (bicyclic) bond motifs is 1. The van der Waals surface area contributed by atoms with Crippen LogP contribution < -0.4 is 15.8 Å². The quantitative estimate of drug-likeness (QED) is 0.577. The first-order chi connectivity index (χ1) is 15.0. The summed E-state index contributed by atoms with van der Waals surface area (Å²) in [5.74, 6) is -0.293. The van der Waals surface area contributed by atoms with Crippen molar-refractivity contribution in [3.05, 3.63) is 56.9 Å². The number of rotatable bonds is 5. The number of hydrazone groups is 1. The predicted octanol–water partition coefficient (Wildman–Crippen LogP) is 1.55. The van der Waals surface area contributed by atoms with Crippen molar-refractivity contribution in [2.24, 2.45) is 5.10 Å². The third-order valence-electron chi connectivity index (χ3n) is 4.93. The normalized spacial score (nSPS) is 13.6. The predicted molar refractivity (Wildman–Crippen MR) is 118 cm³/mol. The Bertz CT molecular complexity index is 1230. The lowest BCUT2D eigenvalue weighted by molar-refractivity contribution is 0.0958. The molecular weight excluding hydrogens is 420 g/mol. The van der Waals surface area contributed by atoms with Crippen molar-refractivity contribution < 1.29 is 4.79 Å². The van der Waals surface area contributed by atoms with Crippen LogP contribution in [0.5, 0.6) is 0 Å². The third kappa shape index (κ3) is 4.33. The first-order valence-electron chi connectivity index (χ1n) is 9.80. The Labute approximate surface area is 183 Å². The molecule has 160 valence electrons. The molecule has 0 saturated carbocycles. The van der Waals surface area contributed by atoms with E-state index in [0.717, 1.165) is 5.56 Å². The summed E-state index contributed by atoms with van der Waals surface area (Å²) in [6.45, 7) is 3.70. The number of aryl methyl sites for hydroxylation is 1. The zero-order valence-electron chi connectivity index (χ0n) is 17.1. The summed E-state index contributed by atoms with van der Waals surface area (Å²) in [6, 6.07) is 5.25. The van der Waals surface area contributed by atoms with E-state index in [1.165, 1.54) is 0 Å². The maximum absolute atomic E-state index is 12.0. The Morgan fingerprint density at radius 1 is 1.29 bits per heavy atom. The van der Waals surface area contributed by atoms with Crippen LogP contribution in [0.2, 0.25) is 5.15 Å². The Morgan fingerprint density at radius 3 is 2.81 bits per heavy atom. The Hall–Kier alpha value is -3.53. The van der Waals surface area contributed by atoms with Crippen molar-refractivity contribution in [1.82, 2.24) is 30.3 Å². The van der Waals surface area contributed by atoms with Gasteiger partial charge in [0.2, 0.25) is 0 Å². The number of nitrogens with one attached hydrogen (secondary N) is 2.